The van der Waals surface area contributed by atoms with Crippen LogP contribution in [-0.4, -0.2) is 19.5 Å². The first-order chi connectivity index (χ1) is 9.94. The number of carbonyl (C=O) groups is 1. The molecule has 1 aromatic heterocycles. The van der Waals surface area contributed by atoms with Gasteiger partial charge in [0, 0.05) is 5.69 Å². The van der Waals surface area contributed by atoms with Crippen molar-refractivity contribution in [1.82, 2.24) is 0 Å². The highest BCUT2D eigenvalue weighted by molar-refractivity contribution is 6.42. The number of halogens is 2. The third-order valence-corrected chi connectivity index (χ3v) is 3.68. The standard InChI is InChI=1S/C15H16Cl2N2O2/c1-10-3-5-12(21-10)8-19(2)9-15(20)18-11-4-6-13(16)14(17)7-11/h3-7H,8-9H2,1-2H3,(H,18,20)/p+1. The molecule has 6 heteroatoms. The van der Waals surface area contributed by atoms with Crippen LogP contribution in [0.4, 0.5) is 5.69 Å². The Morgan fingerprint density at radius 1 is 1.24 bits per heavy atom. The van der Waals surface area contributed by atoms with Gasteiger partial charge in [0.25, 0.3) is 5.91 Å². The van der Waals surface area contributed by atoms with E-state index < -0.39 is 0 Å². The lowest BCUT2D eigenvalue weighted by molar-refractivity contribution is -0.886. The van der Waals surface area contributed by atoms with Crippen molar-refractivity contribution in [1.29, 1.82) is 0 Å². The van der Waals surface area contributed by atoms with Crippen LogP contribution in [0.5, 0.6) is 0 Å². The van der Waals surface area contributed by atoms with Crippen molar-refractivity contribution in [3.05, 3.63) is 51.9 Å². The van der Waals surface area contributed by atoms with Crippen molar-refractivity contribution in [3.63, 3.8) is 0 Å². The van der Waals surface area contributed by atoms with Gasteiger partial charge in [0.2, 0.25) is 0 Å². The number of nitrogens with one attached hydrogen (secondary N) is 2. The van der Waals surface area contributed by atoms with E-state index in [4.69, 9.17) is 27.6 Å². The van der Waals surface area contributed by atoms with Gasteiger partial charge in [0.15, 0.2) is 12.3 Å². The second-order valence-corrected chi connectivity index (χ2v) is 5.81. The Morgan fingerprint density at radius 2 is 2.00 bits per heavy atom. The Hall–Kier alpha value is -1.49. The highest BCUT2D eigenvalue weighted by Gasteiger charge is 2.13. The zero-order valence-corrected chi connectivity index (χ0v) is 13.4. The normalized spacial score (nSPS) is 12.2. The lowest BCUT2D eigenvalue weighted by atomic mass is 10.3. The summed E-state index contributed by atoms with van der Waals surface area (Å²) in [6.07, 6.45) is 0. The van der Waals surface area contributed by atoms with Crippen LogP contribution in [0, 0.1) is 6.92 Å². The number of hydrogen-bond donors (Lipinski definition) is 2. The molecule has 1 heterocycles. The van der Waals surface area contributed by atoms with Crippen molar-refractivity contribution in [3.8, 4) is 0 Å². The molecule has 1 atom stereocenters. The van der Waals surface area contributed by atoms with Gasteiger partial charge in [-0.25, -0.2) is 0 Å². The highest BCUT2D eigenvalue weighted by atomic mass is 35.5. The molecule has 2 rings (SSSR count). The number of furan rings is 1. The summed E-state index contributed by atoms with van der Waals surface area (Å²) in [5, 5.41) is 3.68. The number of rotatable bonds is 5. The number of likely N-dealkylation sites (N-methyl/N-ethyl adjacent to an activating group) is 1. The van der Waals surface area contributed by atoms with Crippen LogP contribution in [0.25, 0.3) is 0 Å². The maximum absolute atomic E-state index is 12.0. The fourth-order valence-corrected chi connectivity index (χ4v) is 2.29. The van der Waals surface area contributed by atoms with E-state index in [2.05, 4.69) is 5.32 Å². The minimum Gasteiger partial charge on any atom is -0.460 e. The fourth-order valence-electron chi connectivity index (χ4n) is 1.99. The van der Waals surface area contributed by atoms with E-state index in [1.165, 1.54) is 0 Å². The van der Waals surface area contributed by atoms with Gasteiger partial charge in [-0.3, -0.25) is 4.79 Å². The van der Waals surface area contributed by atoms with Gasteiger partial charge in [-0.1, -0.05) is 23.2 Å². The quantitative estimate of drug-likeness (QED) is 0.886. The van der Waals surface area contributed by atoms with Gasteiger partial charge in [0.05, 0.1) is 17.1 Å². The first-order valence-electron chi connectivity index (χ1n) is 6.55. The van der Waals surface area contributed by atoms with Crippen LogP contribution in [0.15, 0.2) is 34.7 Å². The molecule has 112 valence electrons. The first kappa shape index (κ1) is 15.9. The van der Waals surface area contributed by atoms with Gasteiger partial charge in [-0.15, -0.1) is 0 Å². The minimum atomic E-state index is -0.0887. The summed E-state index contributed by atoms with van der Waals surface area (Å²) in [6.45, 7) is 2.89. The summed E-state index contributed by atoms with van der Waals surface area (Å²) in [5.74, 6) is 1.65. The molecule has 0 saturated carbocycles. The monoisotopic (exact) mass is 327 g/mol. The van der Waals surface area contributed by atoms with Crippen molar-refractivity contribution < 1.29 is 14.1 Å². The van der Waals surface area contributed by atoms with Crippen LogP contribution in [-0.2, 0) is 11.3 Å². The molecule has 0 aliphatic heterocycles. The van der Waals surface area contributed by atoms with Crippen LogP contribution < -0.4 is 10.2 Å². The lowest BCUT2D eigenvalue weighted by Gasteiger charge is -2.12. The Morgan fingerprint density at radius 3 is 2.62 bits per heavy atom. The van der Waals surface area contributed by atoms with Gasteiger partial charge < -0.3 is 14.6 Å². The molecule has 1 aromatic carbocycles. The average Bonchev–Trinajstić information content (AvgIpc) is 2.79. The third-order valence-electron chi connectivity index (χ3n) is 2.94. The number of carbonyl (C=O) groups excluding carboxylic acids is 1. The number of anilines is 1. The summed E-state index contributed by atoms with van der Waals surface area (Å²) in [5.41, 5.74) is 0.635. The molecule has 0 radical (unpaired) electrons. The third kappa shape index (κ3) is 4.77. The maximum Gasteiger partial charge on any atom is 0.279 e. The molecule has 0 aliphatic rings. The minimum absolute atomic E-state index is 0.0887. The predicted octanol–water partition coefficient (Wildman–Crippen LogP) is 2.55. The SMILES string of the molecule is Cc1ccc(C[NH+](C)CC(=O)Nc2ccc(Cl)c(Cl)c2)o1. The number of hydrogen-bond acceptors (Lipinski definition) is 2. The molecule has 0 fully saturated rings. The van der Waals surface area contributed by atoms with Crippen molar-refractivity contribution in [2.24, 2.45) is 0 Å². The summed E-state index contributed by atoms with van der Waals surface area (Å²) < 4.78 is 5.50. The Labute approximate surface area is 133 Å². The number of benzene rings is 1. The van der Waals surface area contributed by atoms with Crippen molar-refractivity contribution in [2.45, 2.75) is 13.5 Å². The Balaban J connectivity index is 1.87. The molecule has 2 aromatic rings. The van der Waals surface area contributed by atoms with Crippen LogP contribution >= 0.6 is 23.2 Å². The van der Waals surface area contributed by atoms with Gasteiger partial charge in [0.1, 0.15) is 12.3 Å². The molecule has 0 saturated heterocycles. The molecule has 1 amide bonds. The highest BCUT2D eigenvalue weighted by Crippen LogP contribution is 2.24. The summed E-state index contributed by atoms with van der Waals surface area (Å²) >= 11 is 11.7. The number of amides is 1. The van der Waals surface area contributed by atoms with Crippen molar-refractivity contribution >= 4 is 34.8 Å². The van der Waals surface area contributed by atoms with E-state index in [1.54, 1.807) is 18.2 Å². The molecule has 1 unspecified atom stereocenters. The van der Waals surface area contributed by atoms with Crippen LogP contribution in [0.3, 0.4) is 0 Å². The van der Waals surface area contributed by atoms with E-state index >= 15 is 0 Å². The predicted molar refractivity (Wildman–Crippen MR) is 84.0 cm³/mol. The smallest absolute Gasteiger partial charge is 0.279 e. The molecular weight excluding hydrogens is 311 g/mol. The molecule has 0 bridgehead atoms. The summed E-state index contributed by atoms with van der Waals surface area (Å²) in [6, 6.07) is 8.85. The van der Waals surface area contributed by atoms with E-state index in [1.807, 2.05) is 26.1 Å². The van der Waals surface area contributed by atoms with Gasteiger partial charge in [-0.05, 0) is 37.3 Å². The van der Waals surface area contributed by atoms with Crippen LogP contribution in [0.1, 0.15) is 11.5 Å². The van der Waals surface area contributed by atoms with Gasteiger partial charge >= 0.3 is 0 Å². The van der Waals surface area contributed by atoms with Gasteiger partial charge in [-0.2, -0.15) is 0 Å². The summed E-state index contributed by atoms with van der Waals surface area (Å²) in [7, 11) is 1.94. The topological polar surface area (TPSA) is 46.7 Å². The summed E-state index contributed by atoms with van der Waals surface area (Å²) in [4.78, 5) is 13.0. The molecule has 21 heavy (non-hydrogen) atoms. The van der Waals surface area contributed by atoms with Crippen molar-refractivity contribution in [2.75, 3.05) is 18.9 Å². The van der Waals surface area contributed by atoms with E-state index in [-0.39, 0.29) is 5.91 Å². The fraction of sp³-hybridized carbons (Fsp3) is 0.267. The molecule has 0 aliphatic carbocycles. The number of aryl methyl sites for hydroxylation is 1. The first-order valence-corrected chi connectivity index (χ1v) is 7.31. The maximum atomic E-state index is 12.0. The second-order valence-electron chi connectivity index (χ2n) is 5.00. The second kappa shape index (κ2) is 6.98. The van der Waals surface area contributed by atoms with E-state index in [0.29, 0.717) is 28.8 Å². The molecule has 2 N–H and O–H groups in total. The molecule has 4 nitrogen and oxygen atoms in total. The average molecular weight is 328 g/mol. The lowest BCUT2D eigenvalue weighted by Crippen LogP contribution is -3.08. The zero-order chi connectivity index (χ0) is 15.4. The molecule has 0 spiro atoms. The van der Waals surface area contributed by atoms with E-state index in [9.17, 15) is 4.79 Å². The zero-order valence-electron chi connectivity index (χ0n) is 11.9. The molecular formula is C15H17Cl2N2O2+. The van der Waals surface area contributed by atoms with Crippen LogP contribution in [0.2, 0.25) is 10.0 Å². The Kier molecular flexibility index (Phi) is 5.28. The largest absolute Gasteiger partial charge is 0.460 e. The number of quaternary nitrogens is 1. The van der Waals surface area contributed by atoms with E-state index in [0.717, 1.165) is 16.4 Å². The Bertz CT molecular complexity index is 640.